The fourth-order valence-electron chi connectivity index (χ4n) is 2.36. The summed E-state index contributed by atoms with van der Waals surface area (Å²) in [5.41, 5.74) is 2.37. The van der Waals surface area contributed by atoms with Gasteiger partial charge in [0.05, 0.1) is 11.4 Å². The van der Waals surface area contributed by atoms with Crippen molar-refractivity contribution in [2.75, 3.05) is 21.9 Å². The molecule has 1 aromatic rings. The molecule has 0 atom stereocenters. The Morgan fingerprint density at radius 3 is 2.76 bits per heavy atom. The number of fused-ring (bicyclic) bond motifs is 1. The van der Waals surface area contributed by atoms with Gasteiger partial charge in [0.15, 0.2) is 0 Å². The first-order chi connectivity index (χ1) is 8.09. The fourth-order valence-corrected chi connectivity index (χ4v) is 3.85. The lowest BCUT2D eigenvalue weighted by Crippen LogP contribution is -2.30. The maximum absolute atomic E-state index is 11.9. The fraction of sp³-hybridized carbons (Fsp3) is 0.364. The third-order valence-electron chi connectivity index (χ3n) is 3.14. The summed E-state index contributed by atoms with van der Waals surface area (Å²) in [6, 6.07) is 5.37. The number of carbonyl (C=O) groups is 1. The average molecular weight is 252 g/mol. The summed E-state index contributed by atoms with van der Waals surface area (Å²) in [6.45, 7) is 0.786. The lowest BCUT2D eigenvalue weighted by Gasteiger charge is -2.18. The maximum Gasteiger partial charge on any atom is 0.242 e. The Balaban J connectivity index is 2.17. The number of anilines is 2. The van der Waals surface area contributed by atoms with Crippen LogP contribution >= 0.6 is 0 Å². The van der Waals surface area contributed by atoms with Gasteiger partial charge in [-0.1, -0.05) is 6.07 Å². The molecule has 1 N–H and O–H groups in total. The molecule has 1 fully saturated rings. The smallest absolute Gasteiger partial charge is 0.242 e. The van der Waals surface area contributed by atoms with Gasteiger partial charge >= 0.3 is 0 Å². The molecule has 2 aliphatic rings. The predicted octanol–water partition coefficient (Wildman–Crippen LogP) is 0.721. The summed E-state index contributed by atoms with van der Waals surface area (Å²) in [5, 5.41) is 3.17. The first-order valence-electron chi connectivity index (χ1n) is 5.51. The molecule has 5 nitrogen and oxygen atoms in total. The van der Waals surface area contributed by atoms with Crippen molar-refractivity contribution >= 4 is 27.3 Å². The molecule has 0 unspecified atom stereocenters. The molecule has 3 rings (SSSR count). The number of hydrogen-bond acceptors (Lipinski definition) is 4. The van der Waals surface area contributed by atoms with Crippen LogP contribution in [0.4, 0.5) is 11.4 Å². The van der Waals surface area contributed by atoms with E-state index in [0.29, 0.717) is 5.69 Å². The third kappa shape index (κ3) is 1.51. The molecule has 2 aliphatic heterocycles. The molecule has 2 heterocycles. The van der Waals surface area contributed by atoms with E-state index in [1.807, 2.05) is 6.07 Å². The Labute approximate surface area is 99.5 Å². The first kappa shape index (κ1) is 10.6. The first-order valence-corrected chi connectivity index (χ1v) is 7.12. The van der Waals surface area contributed by atoms with E-state index in [4.69, 9.17) is 0 Å². The molecule has 1 aromatic carbocycles. The van der Waals surface area contributed by atoms with Gasteiger partial charge in [-0.05, 0) is 18.6 Å². The van der Waals surface area contributed by atoms with Crippen molar-refractivity contribution in [1.29, 1.82) is 0 Å². The minimum Gasteiger partial charge on any atom is -0.384 e. The molecule has 1 saturated heterocycles. The molecule has 6 heteroatoms. The third-order valence-corrected chi connectivity index (χ3v) is 4.82. The molecular formula is C11H12N2O3S. The molecule has 1 amide bonds. The minimum absolute atomic E-state index is 0.0804. The van der Waals surface area contributed by atoms with Crippen LogP contribution in [0, 0.1) is 0 Å². The van der Waals surface area contributed by atoms with Gasteiger partial charge in [0.25, 0.3) is 0 Å². The normalized spacial score (nSPS) is 21.4. The van der Waals surface area contributed by atoms with Gasteiger partial charge in [-0.15, -0.1) is 0 Å². The van der Waals surface area contributed by atoms with Crippen LogP contribution in [0.2, 0.25) is 0 Å². The zero-order valence-corrected chi connectivity index (χ0v) is 9.96. The van der Waals surface area contributed by atoms with Crippen LogP contribution in [0.15, 0.2) is 18.2 Å². The van der Waals surface area contributed by atoms with Gasteiger partial charge in [-0.2, -0.15) is 0 Å². The Hall–Kier alpha value is -1.56. The van der Waals surface area contributed by atoms with E-state index in [9.17, 15) is 13.2 Å². The van der Waals surface area contributed by atoms with Crippen LogP contribution in [0.25, 0.3) is 0 Å². The number of sulfonamides is 1. The number of carbonyl (C=O) groups excluding carboxylic acids is 1. The zero-order chi connectivity index (χ0) is 12.0. The van der Waals surface area contributed by atoms with Gasteiger partial charge < -0.3 is 5.32 Å². The second-order valence-electron chi connectivity index (χ2n) is 4.20. The summed E-state index contributed by atoms with van der Waals surface area (Å²) in [6.07, 6.45) is 0.838. The van der Waals surface area contributed by atoms with E-state index in [1.165, 1.54) is 0 Å². The number of amides is 1. The van der Waals surface area contributed by atoms with Crippen molar-refractivity contribution in [2.24, 2.45) is 0 Å². The Morgan fingerprint density at radius 1 is 1.24 bits per heavy atom. The van der Waals surface area contributed by atoms with E-state index in [0.717, 1.165) is 28.5 Å². The van der Waals surface area contributed by atoms with Gasteiger partial charge in [-0.3, -0.25) is 4.79 Å². The van der Waals surface area contributed by atoms with Gasteiger partial charge in [0.2, 0.25) is 15.9 Å². The molecule has 0 spiro atoms. The van der Waals surface area contributed by atoms with Crippen molar-refractivity contribution in [2.45, 2.75) is 12.8 Å². The molecule has 0 saturated carbocycles. The van der Waals surface area contributed by atoms with E-state index in [2.05, 4.69) is 5.32 Å². The molecule has 0 aliphatic carbocycles. The SMILES string of the molecule is O=C1CCS(=O)(=O)N1c1cccc2c1CCN2. The highest BCUT2D eigenvalue weighted by Gasteiger charge is 2.38. The lowest BCUT2D eigenvalue weighted by molar-refractivity contribution is -0.116. The summed E-state index contributed by atoms with van der Waals surface area (Å²) in [4.78, 5) is 11.7. The number of benzene rings is 1. The van der Waals surface area contributed by atoms with Crippen LogP contribution < -0.4 is 9.62 Å². The number of hydrogen-bond donors (Lipinski definition) is 1. The summed E-state index contributed by atoms with van der Waals surface area (Å²) >= 11 is 0. The summed E-state index contributed by atoms with van der Waals surface area (Å²) < 4.78 is 24.7. The Bertz CT molecular complexity index is 595. The zero-order valence-electron chi connectivity index (χ0n) is 9.14. The molecule has 90 valence electrons. The van der Waals surface area contributed by atoms with Gasteiger partial charge in [0.1, 0.15) is 0 Å². The van der Waals surface area contributed by atoms with Crippen LogP contribution in [0.5, 0.6) is 0 Å². The van der Waals surface area contributed by atoms with Crippen molar-refractivity contribution in [1.82, 2.24) is 0 Å². The van der Waals surface area contributed by atoms with Crippen LogP contribution in [0.1, 0.15) is 12.0 Å². The molecular weight excluding hydrogens is 240 g/mol. The van der Waals surface area contributed by atoms with Crippen molar-refractivity contribution < 1.29 is 13.2 Å². The van der Waals surface area contributed by atoms with E-state index >= 15 is 0 Å². The van der Waals surface area contributed by atoms with Gasteiger partial charge in [-0.25, -0.2) is 12.7 Å². The molecule has 0 radical (unpaired) electrons. The van der Waals surface area contributed by atoms with Crippen LogP contribution in [0.3, 0.4) is 0 Å². The van der Waals surface area contributed by atoms with Gasteiger partial charge in [0, 0.05) is 24.2 Å². The Morgan fingerprint density at radius 2 is 2.06 bits per heavy atom. The van der Waals surface area contributed by atoms with Crippen LogP contribution in [-0.4, -0.2) is 26.6 Å². The summed E-state index contributed by atoms with van der Waals surface area (Å²) in [5.74, 6) is -0.409. The topological polar surface area (TPSA) is 66.5 Å². The highest BCUT2D eigenvalue weighted by Crippen LogP contribution is 2.35. The molecule has 17 heavy (non-hydrogen) atoms. The van der Waals surface area contributed by atoms with E-state index < -0.39 is 10.0 Å². The molecule has 0 aromatic heterocycles. The largest absolute Gasteiger partial charge is 0.384 e. The van der Waals surface area contributed by atoms with Crippen molar-refractivity contribution in [3.8, 4) is 0 Å². The second-order valence-corrected chi connectivity index (χ2v) is 6.14. The van der Waals surface area contributed by atoms with Crippen LogP contribution in [-0.2, 0) is 21.2 Å². The van der Waals surface area contributed by atoms with E-state index in [1.54, 1.807) is 12.1 Å². The average Bonchev–Trinajstić information content (AvgIpc) is 2.84. The number of rotatable bonds is 1. The number of nitrogens with zero attached hydrogens (tertiary/aromatic N) is 1. The highest BCUT2D eigenvalue weighted by atomic mass is 32.2. The lowest BCUT2D eigenvalue weighted by atomic mass is 10.1. The predicted molar refractivity (Wildman–Crippen MR) is 64.5 cm³/mol. The van der Waals surface area contributed by atoms with Crippen molar-refractivity contribution in [3.05, 3.63) is 23.8 Å². The quantitative estimate of drug-likeness (QED) is 0.800. The molecule has 0 bridgehead atoms. The second kappa shape index (κ2) is 3.46. The number of nitrogens with one attached hydrogen (secondary N) is 1. The summed E-state index contributed by atoms with van der Waals surface area (Å²) in [7, 11) is -3.45. The monoisotopic (exact) mass is 252 g/mol. The standard InChI is InChI=1S/C11H12N2O3S/c14-11-5-7-17(15,16)13(11)10-3-1-2-9-8(10)4-6-12-9/h1-3,12H,4-7H2. The highest BCUT2D eigenvalue weighted by molar-refractivity contribution is 7.94. The Kier molecular flexibility index (Phi) is 2.16. The van der Waals surface area contributed by atoms with Crippen molar-refractivity contribution in [3.63, 3.8) is 0 Å². The van der Waals surface area contributed by atoms with E-state index in [-0.39, 0.29) is 18.1 Å². The minimum atomic E-state index is -3.45. The maximum atomic E-state index is 11.9.